The Kier molecular flexibility index (Phi) is 11.1. The van der Waals surface area contributed by atoms with Crippen LogP contribution in [0.4, 0.5) is 14.5 Å². The van der Waals surface area contributed by atoms with Crippen molar-refractivity contribution in [3.05, 3.63) is 123 Å². The third-order valence-corrected chi connectivity index (χ3v) is 9.66. The Hall–Kier alpha value is -4.22. The smallest absolute Gasteiger partial charge is 0.335 e. The molecule has 12 heteroatoms. The Labute approximate surface area is 299 Å². The highest BCUT2D eigenvalue weighted by molar-refractivity contribution is 6.31. The monoisotopic (exact) mass is 725 g/mol. The van der Waals surface area contributed by atoms with Gasteiger partial charge in [0.15, 0.2) is 0 Å². The van der Waals surface area contributed by atoms with Gasteiger partial charge < -0.3 is 30.9 Å². The number of rotatable bonds is 11. The molecule has 1 saturated heterocycles. The van der Waals surface area contributed by atoms with E-state index in [4.69, 9.17) is 27.9 Å². The van der Waals surface area contributed by atoms with Crippen molar-refractivity contribution in [3.63, 3.8) is 0 Å². The van der Waals surface area contributed by atoms with Gasteiger partial charge in [-0.2, -0.15) is 0 Å². The number of phenolic OH excluding ortho intramolecular Hbond substituents is 1. The predicted molar refractivity (Wildman–Crippen MR) is 190 cm³/mol. The average molecular weight is 727 g/mol. The SMILES string of the molecule is COc1cc(C(=O)O)ccc1NC(=O)[C@@H]1N[C@@H](CC(C)(C)C)[C@](CNCc2ccc(O)cc2)(c2ccc(Cl)cc2F)[C@H]1c1cccc(Cl)c1F. The summed E-state index contributed by atoms with van der Waals surface area (Å²) < 4.78 is 38.2. The maximum atomic E-state index is 16.4. The van der Waals surface area contributed by atoms with Crippen LogP contribution in [0.1, 0.15) is 60.2 Å². The molecule has 1 fully saturated rings. The first-order chi connectivity index (χ1) is 23.6. The standard InChI is InChI=1S/C38H39Cl2F2N3O5/c1-37(2,3)18-31-38(26-14-11-23(39)17-28(26)41,20-43-19-21-8-12-24(46)13-9-21)32(25-6-5-7-27(40)33(25)42)34(45-31)35(47)44-29-15-10-22(36(48)49)16-30(29)50-4/h5-17,31-32,34,43,45-46H,18-20H2,1-4H3,(H,44,47)(H,48,49)/t31-,32-,34+,38-/m0/s1. The molecule has 1 aliphatic heterocycles. The van der Waals surface area contributed by atoms with Crippen molar-refractivity contribution in [2.24, 2.45) is 5.41 Å². The van der Waals surface area contributed by atoms with Crippen molar-refractivity contribution in [2.75, 3.05) is 19.0 Å². The highest BCUT2D eigenvalue weighted by atomic mass is 35.5. The second-order valence-corrected chi connectivity index (χ2v) is 14.6. The Balaban J connectivity index is 1.71. The first-order valence-corrected chi connectivity index (χ1v) is 16.8. The number of phenols is 1. The van der Waals surface area contributed by atoms with Crippen LogP contribution >= 0.6 is 23.2 Å². The number of carbonyl (C=O) groups excluding carboxylic acids is 1. The number of hydrogen-bond acceptors (Lipinski definition) is 6. The molecule has 5 rings (SSSR count). The first-order valence-electron chi connectivity index (χ1n) is 16.0. The number of aromatic carboxylic acids is 1. The lowest BCUT2D eigenvalue weighted by Crippen LogP contribution is -2.51. The first kappa shape index (κ1) is 37.0. The summed E-state index contributed by atoms with van der Waals surface area (Å²) in [5.74, 6) is -3.93. The van der Waals surface area contributed by atoms with Crippen LogP contribution in [0.3, 0.4) is 0 Å². The van der Waals surface area contributed by atoms with Crippen molar-refractivity contribution in [3.8, 4) is 11.5 Å². The summed E-state index contributed by atoms with van der Waals surface area (Å²) >= 11 is 12.6. The summed E-state index contributed by atoms with van der Waals surface area (Å²) in [6.07, 6.45) is 0.440. The molecule has 264 valence electrons. The number of amides is 1. The maximum Gasteiger partial charge on any atom is 0.335 e. The second-order valence-electron chi connectivity index (χ2n) is 13.7. The number of halogens is 4. The molecule has 4 aromatic carbocycles. The van der Waals surface area contributed by atoms with Crippen LogP contribution in [0.25, 0.3) is 0 Å². The van der Waals surface area contributed by atoms with E-state index < -0.39 is 46.9 Å². The van der Waals surface area contributed by atoms with Gasteiger partial charge in [0.05, 0.1) is 29.4 Å². The van der Waals surface area contributed by atoms with Gasteiger partial charge in [-0.1, -0.05) is 74.3 Å². The fourth-order valence-corrected chi connectivity index (χ4v) is 7.33. The molecule has 0 spiro atoms. The van der Waals surface area contributed by atoms with Crippen LogP contribution in [-0.2, 0) is 16.8 Å². The summed E-state index contributed by atoms with van der Waals surface area (Å²) in [4.78, 5) is 26.1. The Morgan fingerprint density at radius 1 is 1.00 bits per heavy atom. The molecule has 0 aromatic heterocycles. The van der Waals surface area contributed by atoms with E-state index in [1.54, 1.807) is 48.5 Å². The molecule has 0 radical (unpaired) electrons. The van der Waals surface area contributed by atoms with Crippen molar-refractivity contribution in [1.29, 1.82) is 0 Å². The zero-order valence-electron chi connectivity index (χ0n) is 28.0. The molecule has 0 saturated carbocycles. The van der Waals surface area contributed by atoms with Gasteiger partial charge in [-0.15, -0.1) is 0 Å². The topological polar surface area (TPSA) is 120 Å². The molecular weight excluding hydrogens is 687 g/mol. The molecule has 0 bridgehead atoms. The van der Waals surface area contributed by atoms with Crippen molar-refractivity contribution >= 4 is 40.8 Å². The van der Waals surface area contributed by atoms with E-state index in [1.165, 1.54) is 37.4 Å². The zero-order valence-corrected chi connectivity index (χ0v) is 29.5. The van der Waals surface area contributed by atoms with E-state index in [0.717, 1.165) is 5.56 Å². The highest BCUT2D eigenvalue weighted by Crippen LogP contribution is 2.53. The molecule has 8 nitrogen and oxygen atoms in total. The molecule has 4 aromatic rings. The van der Waals surface area contributed by atoms with Crippen molar-refractivity contribution < 1.29 is 33.3 Å². The van der Waals surface area contributed by atoms with E-state index in [0.29, 0.717) is 13.0 Å². The number of hydrogen-bond donors (Lipinski definition) is 5. The number of methoxy groups -OCH3 is 1. The fourth-order valence-electron chi connectivity index (χ4n) is 6.99. The lowest BCUT2D eigenvalue weighted by atomic mass is 9.61. The molecule has 5 N–H and O–H groups in total. The van der Waals surface area contributed by atoms with E-state index in [2.05, 4.69) is 16.0 Å². The fraction of sp³-hybridized carbons (Fsp3) is 0.316. The van der Waals surface area contributed by atoms with Crippen LogP contribution < -0.4 is 20.7 Å². The van der Waals surface area contributed by atoms with Gasteiger partial charge in [0, 0.05) is 35.5 Å². The summed E-state index contributed by atoms with van der Waals surface area (Å²) in [5, 5.41) is 29.1. The molecule has 50 heavy (non-hydrogen) atoms. The molecule has 1 amide bonds. The molecule has 4 atom stereocenters. The summed E-state index contributed by atoms with van der Waals surface area (Å²) in [5.41, 5.74) is -0.335. The number of aromatic hydroxyl groups is 1. The predicted octanol–water partition coefficient (Wildman–Crippen LogP) is 7.91. The zero-order chi connectivity index (χ0) is 36.4. The number of carbonyl (C=O) groups is 2. The molecule has 1 heterocycles. The largest absolute Gasteiger partial charge is 0.508 e. The van der Waals surface area contributed by atoms with Gasteiger partial charge >= 0.3 is 5.97 Å². The second kappa shape index (κ2) is 14.9. The minimum absolute atomic E-state index is 0.0418. The Morgan fingerprint density at radius 2 is 1.72 bits per heavy atom. The number of carboxylic acids is 1. The van der Waals surface area contributed by atoms with E-state index >= 15 is 8.78 Å². The number of anilines is 1. The number of nitrogens with one attached hydrogen (secondary N) is 3. The Bertz CT molecular complexity index is 1890. The Morgan fingerprint density at radius 3 is 2.36 bits per heavy atom. The third-order valence-electron chi connectivity index (χ3n) is 9.13. The van der Waals surface area contributed by atoms with E-state index in [9.17, 15) is 19.8 Å². The van der Waals surface area contributed by atoms with Crippen LogP contribution in [-0.4, -0.2) is 47.8 Å². The maximum absolute atomic E-state index is 16.4. The normalized spacial score (nSPS) is 20.4. The van der Waals surface area contributed by atoms with Gasteiger partial charge in [0.25, 0.3) is 0 Å². The quantitative estimate of drug-likeness (QED) is 0.107. The van der Waals surface area contributed by atoms with E-state index in [1.807, 2.05) is 20.8 Å². The summed E-state index contributed by atoms with van der Waals surface area (Å²) in [7, 11) is 1.35. The lowest BCUT2D eigenvalue weighted by molar-refractivity contribution is -0.118. The lowest BCUT2D eigenvalue weighted by Gasteiger charge is -2.43. The number of benzene rings is 4. The van der Waals surface area contributed by atoms with E-state index in [-0.39, 0.29) is 55.9 Å². The molecule has 0 aliphatic carbocycles. The van der Waals surface area contributed by atoms with Gasteiger partial charge in [0.1, 0.15) is 23.1 Å². The molecule has 1 aliphatic rings. The molecule has 0 unspecified atom stereocenters. The minimum atomic E-state index is -1.32. The summed E-state index contributed by atoms with van der Waals surface area (Å²) in [6, 6.07) is 17.8. The van der Waals surface area contributed by atoms with Crippen LogP contribution in [0.5, 0.6) is 11.5 Å². The van der Waals surface area contributed by atoms with Crippen molar-refractivity contribution in [1.82, 2.24) is 10.6 Å². The van der Waals surface area contributed by atoms with Crippen molar-refractivity contribution in [2.45, 2.75) is 57.2 Å². The summed E-state index contributed by atoms with van der Waals surface area (Å²) in [6.45, 7) is 6.47. The highest BCUT2D eigenvalue weighted by Gasteiger charge is 2.60. The van der Waals surface area contributed by atoms with Gasteiger partial charge in [-0.25, -0.2) is 13.6 Å². The van der Waals surface area contributed by atoms with Crippen LogP contribution in [0, 0.1) is 17.0 Å². The third kappa shape index (κ3) is 7.73. The van der Waals surface area contributed by atoms with Gasteiger partial charge in [0.2, 0.25) is 5.91 Å². The minimum Gasteiger partial charge on any atom is -0.508 e. The van der Waals surface area contributed by atoms with Gasteiger partial charge in [-0.3, -0.25) is 4.79 Å². The average Bonchev–Trinajstić information content (AvgIpc) is 3.35. The van der Waals surface area contributed by atoms with Crippen LogP contribution in [0.2, 0.25) is 10.0 Å². The number of ether oxygens (including phenoxy) is 1. The number of carboxylic acid groups (broad SMARTS) is 1. The molecular formula is C38H39Cl2F2N3O5. The van der Waals surface area contributed by atoms with Gasteiger partial charge in [-0.05, 0) is 77.1 Å². The van der Waals surface area contributed by atoms with Crippen LogP contribution in [0.15, 0.2) is 78.9 Å².